The second-order valence-electron chi connectivity index (χ2n) is 8.58. The van der Waals surface area contributed by atoms with E-state index >= 15 is 0 Å². The summed E-state index contributed by atoms with van der Waals surface area (Å²) in [5.74, 6) is 0.432. The van der Waals surface area contributed by atoms with Gasteiger partial charge >= 0.3 is 0 Å². The number of fused-ring (bicyclic) bond motifs is 1. The SMILES string of the molecule is Nc1c2c(-c3ccc(F)c(Cl)c3)nc(NCCN3CCCCC3)nc2nn1Cc1ccccc1. The van der Waals surface area contributed by atoms with E-state index in [0.29, 0.717) is 40.6 Å². The average molecular weight is 480 g/mol. The molecular weight excluding hydrogens is 453 g/mol. The van der Waals surface area contributed by atoms with E-state index < -0.39 is 5.82 Å². The van der Waals surface area contributed by atoms with E-state index in [4.69, 9.17) is 22.3 Å². The van der Waals surface area contributed by atoms with E-state index in [1.165, 1.54) is 25.3 Å². The van der Waals surface area contributed by atoms with Gasteiger partial charge in [0.1, 0.15) is 11.6 Å². The lowest BCUT2D eigenvalue weighted by Gasteiger charge is -2.26. The first-order chi connectivity index (χ1) is 16.6. The average Bonchev–Trinajstić information content (AvgIpc) is 3.16. The van der Waals surface area contributed by atoms with Crippen molar-refractivity contribution in [3.63, 3.8) is 0 Å². The maximum absolute atomic E-state index is 13.9. The predicted octanol–water partition coefficient (Wildman–Crippen LogP) is 4.81. The molecular formula is C25H27ClFN7. The zero-order valence-corrected chi connectivity index (χ0v) is 19.6. The molecule has 0 bridgehead atoms. The molecule has 0 unspecified atom stereocenters. The van der Waals surface area contributed by atoms with Crippen molar-refractivity contribution in [3.05, 3.63) is 64.9 Å². The van der Waals surface area contributed by atoms with Gasteiger partial charge in [-0.3, -0.25) is 0 Å². The number of piperidine rings is 1. The molecule has 7 nitrogen and oxygen atoms in total. The molecule has 0 aliphatic carbocycles. The van der Waals surface area contributed by atoms with Crippen LogP contribution >= 0.6 is 11.6 Å². The predicted molar refractivity (Wildman–Crippen MR) is 134 cm³/mol. The Bertz CT molecular complexity index is 1290. The molecule has 176 valence electrons. The van der Waals surface area contributed by atoms with Crippen molar-refractivity contribution < 1.29 is 4.39 Å². The van der Waals surface area contributed by atoms with Crippen LogP contribution < -0.4 is 11.1 Å². The van der Waals surface area contributed by atoms with Gasteiger partial charge < -0.3 is 16.0 Å². The van der Waals surface area contributed by atoms with Crippen molar-refractivity contribution >= 4 is 34.4 Å². The fourth-order valence-corrected chi connectivity index (χ4v) is 4.55. The monoisotopic (exact) mass is 479 g/mol. The lowest BCUT2D eigenvalue weighted by Crippen LogP contribution is -2.33. The van der Waals surface area contributed by atoms with Gasteiger partial charge in [-0.05, 0) is 49.7 Å². The van der Waals surface area contributed by atoms with Gasteiger partial charge in [-0.2, -0.15) is 4.98 Å². The second kappa shape index (κ2) is 9.95. The fourth-order valence-electron chi connectivity index (χ4n) is 4.37. The van der Waals surface area contributed by atoms with Gasteiger partial charge in [0.2, 0.25) is 5.95 Å². The van der Waals surface area contributed by atoms with Gasteiger partial charge in [0.05, 0.1) is 22.6 Å². The Morgan fingerprint density at radius 2 is 1.82 bits per heavy atom. The number of hydrogen-bond acceptors (Lipinski definition) is 6. The summed E-state index contributed by atoms with van der Waals surface area (Å²) in [6.07, 6.45) is 3.80. The summed E-state index contributed by atoms with van der Waals surface area (Å²) in [5.41, 5.74) is 9.31. The largest absolute Gasteiger partial charge is 0.383 e. The Balaban J connectivity index is 1.50. The summed E-state index contributed by atoms with van der Waals surface area (Å²) in [4.78, 5) is 11.8. The van der Waals surface area contributed by atoms with Crippen molar-refractivity contribution in [2.75, 3.05) is 37.2 Å². The maximum atomic E-state index is 13.9. The molecule has 2 aromatic heterocycles. The Kier molecular flexibility index (Phi) is 6.60. The number of nitrogens with one attached hydrogen (secondary N) is 1. The van der Waals surface area contributed by atoms with Gasteiger partial charge in [0, 0.05) is 18.7 Å². The van der Waals surface area contributed by atoms with Gasteiger partial charge in [-0.25, -0.2) is 14.1 Å². The highest BCUT2D eigenvalue weighted by atomic mass is 35.5. The molecule has 1 fully saturated rings. The normalized spacial score (nSPS) is 14.5. The summed E-state index contributed by atoms with van der Waals surface area (Å²) in [6.45, 7) is 4.39. The minimum Gasteiger partial charge on any atom is -0.383 e. The van der Waals surface area contributed by atoms with Crippen molar-refractivity contribution in [2.45, 2.75) is 25.8 Å². The van der Waals surface area contributed by atoms with Gasteiger partial charge in [-0.1, -0.05) is 48.4 Å². The van der Waals surface area contributed by atoms with Crippen LogP contribution in [-0.4, -0.2) is 50.8 Å². The van der Waals surface area contributed by atoms with Crippen molar-refractivity contribution in [3.8, 4) is 11.3 Å². The van der Waals surface area contributed by atoms with E-state index in [9.17, 15) is 4.39 Å². The standard InChI is InChI=1S/C25H27ClFN7/c26-19-15-18(9-10-20(19)27)22-21-23(28)34(16-17-7-3-1-4-8-17)32-24(21)31-25(30-22)29-11-14-33-12-5-2-6-13-33/h1,3-4,7-10,15H,2,5-6,11-14,16,28H2,(H,29,31,32). The van der Waals surface area contributed by atoms with Crippen LogP contribution in [0.1, 0.15) is 24.8 Å². The summed E-state index contributed by atoms with van der Waals surface area (Å²) < 4.78 is 15.6. The third-order valence-corrected chi connectivity index (χ3v) is 6.46. The van der Waals surface area contributed by atoms with Crippen LogP contribution in [0, 0.1) is 5.82 Å². The third kappa shape index (κ3) is 4.83. The van der Waals surface area contributed by atoms with Crippen LogP contribution in [0.2, 0.25) is 5.02 Å². The minimum absolute atomic E-state index is 0.0270. The molecule has 1 saturated heterocycles. The molecule has 0 radical (unpaired) electrons. The molecule has 0 saturated carbocycles. The first kappa shape index (κ1) is 22.6. The van der Waals surface area contributed by atoms with E-state index in [-0.39, 0.29) is 5.02 Å². The number of rotatable bonds is 7. The number of anilines is 2. The quantitative estimate of drug-likeness (QED) is 0.395. The number of nitrogens with zero attached hydrogens (tertiary/aromatic N) is 5. The van der Waals surface area contributed by atoms with Crippen LogP contribution in [0.25, 0.3) is 22.3 Å². The van der Waals surface area contributed by atoms with Crippen LogP contribution in [0.4, 0.5) is 16.2 Å². The summed E-state index contributed by atoms with van der Waals surface area (Å²) in [6, 6.07) is 14.5. The van der Waals surface area contributed by atoms with Crippen molar-refractivity contribution in [1.29, 1.82) is 0 Å². The number of benzene rings is 2. The molecule has 4 aromatic rings. The van der Waals surface area contributed by atoms with Crippen LogP contribution in [0.15, 0.2) is 48.5 Å². The van der Waals surface area contributed by atoms with E-state index in [1.807, 2.05) is 30.3 Å². The molecule has 0 amide bonds. The summed E-state index contributed by atoms with van der Waals surface area (Å²) in [7, 11) is 0. The molecule has 3 N–H and O–H groups in total. The van der Waals surface area contributed by atoms with Crippen molar-refractivity contribution in [2.24, 2.45) is 0 Å². The zero-order chi connectivity index (χ0) is 23.5. The Morgan fingerprint density at radius 3 is 2.59 bits per heavy atom. The molecule has 34 heavy (non-hydrogen) atoms. The van der Waals surface area contributed by atoms with Crippen LogP contribution in [0.5, 0.6) is 0 Å². The Morgan fingerprint density at radius 1 is 1.03 bits per heavy atom. The van der Waals surface area contributed by atoms with E-state index in [2.05, 4.69) is 20.3 Å². The number of nitrogens with two attached hydrogens (primary N) is 1. The van der Waals surface area contributed by atoms with E-state index in [1.54, 1.807) is 16.8 Å². The van der Waals surface area contributed by atoms with Crippen LogP contribution in [0.3, 0.4) is 0 Å². The number of nitrogen functional groups attached to an aromatic ring is 1. The Labute approximate surface area is 202 Å². The minimum atomic E-state index is -0.483. The topological polar surface area (TPSA) is 84.9 Å². The van der Waals surface area contributed by atoms with Gasteiger partial charge in [0.25, 0.3) is 0 Å². The molecule has 2 aromatic carbocycles. The summed E-state index contributed by atoms with van der Waals surface area (Å²) in [5, 5.41) is 8.67. The Hall–Kier alpha value is -3.23. The lowest BCUT2D eigenvalue weighted by atomic mass is 10.1. The molecule has 5 rings (SSSR count). The molecule has 3 heterocycles. The smallest absolute Gasteiger partial charge is 0.225 e. The highest BCUT2D eigenvalue weighted by Crippen LogP contribution is 2.33. The molecule has 0 spiro atoms. The highest BCUT2D eigenvalue weighted by Gasteiger charge is 2.19. The highest BCUT2D eigenvalue weighted by molar-refractivity contribution is 6.31. The second-order valence-corrected chi connectivity index (χ2v) is 8.99. The third-order valence-electron chi connectivity index (χ3n) is 6.17. The maximum Gasteiger partial charge on any atom is 0.225 e. The number of aromatic nitrogens is 4. The van der Waals surface area contributed by atoms with E-state index in [0.717, 1.165) is 31.7 Å². The number of likely N-dealkylation sites (tertiary alicyclic amines) is 1. The van der Waals surface area contributed by atoms with Crippen molar-refractivity contribution in [1.82, 2.24) is 24.6 Å². The zero-order valence-electron chi connectivity index (χ0n) is 18.8. The van der Waals surface area contributed by atoms with Gasteiger partial charge in [-0.15, -0.1) is 5.10 Å². The first-order valence-electron chi connectivity index (χ1n) is 11.6. The lowest BCUT2D eigenvalue weighted by molar-refractivity contribution is 0.237. The molecule has 1 aliphatic rings. The molecule has 9 heteroatoms. The number of hydrogen-bond donors (Lipinski definition) is 2. The molecule has 0 atom stereocenters. The van der Waals surface area contributed by atoms with Crippen LogP contribution in [-0.2, 0) is 6.54 Å². The first-order valence-corrected chi connectivity index (χ1v) is 12.0. The molecule has 1 aliphatic heterocycles. The number of halogens is 2. The summed E-state index contributed by atoms with van der Waals surface area (Å²) >= 11 is 6.08. The fraction of sp³-hybridized carbons (Fsp3) is 0.320. The van der Waals surface area contributed by atoms with Gasteiger partial charge in [0.15, 0.2) is 5.65 Å².